The van der Waals surface area contributed by atoms with Gasteiger partial charge in [-0.3, -0.25) is 14.3 Å². The zero-order valence-corrected chi connectivity index (χ0v) is 41.5. The monoisotopic (exact) mass is 915 g/mol. The summed E-state index contributed by atoms with van der Waals surface area (Å²) in [5, 5.41) is 9.31. The van der Waals surface area contributed by atoms with E-state index >= 15 is 0 Å². The van der Waals surface area contributed by atoms with Crippen LogP contribution in [0.15, 0.2) is 95.9 Å². The molecule has 5 atom stereocenters. The maximum Gasteiger partial charge on any atom is 0.351 e. The number of amides is 1. The van der Waals surface area contributed by atoms with Gasteiger partial charge in [0.2, 0.25) is 5.91 Å². The fourth-order valence-electron chi connectivity index (χ4n) is 7.46. The summed E-state index contributed by atoms with van der Waals surface area (Å²) in [5.74, 6) is 1.30. The SMILES string of the molecule is COc1ccc(C(OC[C@H]2O[C@@H](n3ccc(N(C)C(C)=O)nc3=O)[C@H](O[Si](C)(C)C(C)(C)C)[C@@H]2OP(OCCC#N)N(C(C)C)C(C)C)(c2ccccc2)c2ccc(OC)cc2)cc1. The van der Waals surface area contributed by atoms with Crippen molar-refractivity contribution in [2.75, 3.05) is 39.4 Å². The molecule has 5 rings (SSSR count). The molecule has 1 aliphatic heterocycles. The second-order valence-corrected chi connectivity index (χ2v) is 24.1. The molecule has 0 N–H and O–H groups in total. The lowest BCUT2D eigenvalue weighted by Crippen LogP contribution is -2.50. The number of nitriles is 1. The summed E-state index contributed by atoms with van der Waals surface area (Å²) in [5.41, 5.74) is 0.654. The number of aromatic nitrogens is 2. The number of hydrogen-bond donors (Lipinski definition) is 0. The van der Waals surface area contributed by atoms with Crippen molar-refractivity contribution in [3.8, 4) is 17.6 Å². The number of benzene rings is 3. The highest BCUT2D eigenvalue weighted by Gasteiger charge is 2.54. The second-order valence-electron chi connectivity index (χ2n) is 17.9. The number of carbonyl (C=O) groups excluding carboxylic acids is 1. The molecule has 0 bridgehead atoms. The third kappa shape index (κ3) is 11.3. The molecule has 1 aliphatic rings. The minimum atomic E-state index is -2.67. The first-order valence-corrected chi connectivity index (χ1v) is 25.7. The van der Waals surface area contributed by atoms with E-state index < -0.39 is 52.7 Å². The van der Waals surface area contributed by atoms with Crippen LogP contribution < -0.4 is 20.1 Å². The van der Waals surface area contributed by atoms with Gasteiger partial charge in [-0.1, -0.05) is 75.4 Å². The van der Waals surface area contributed by atoms with Crippen LogP contribution in [0.5, 0.6) is 11.5 Å². The molecule has 1 saturated heterocycles. The third-order valence-corrected chi connectivity index (χ3v) is 18.5. The Morgan fingerprint density at radius 3 is 1.91 bits per heavy atom. The van der Waals surface area contributed by atoms with E-state index in [2.05, 4.69) is 77.3 Å². The summed E-state index contributed by atoms with van der Waals surface area (Å²) in [7, 11) is 0.314. The van der Waals surface area contributed by atoms with Gasteiger partial charge in [-0.2, -0.15) is 10.2 Å². The molecule has 0 spiro atoms. The number of methoxy groups -OCH3 is 2. The fourth-order valence-corrected chi connectivity index (χ4v) is 10.5. The standard InChI is InChI=1S/C48H66N5O9PSi/c1-33(2)53(34(3)4)63(59-31-17-29-49)61-43-41(60-45(44(43)62-64(12,13)47(6,7)8)52-30-28-42(50-46(52)55)51(9)35(5)54)32-58-48(36-18-15-14-16-19-36,37-20-24-39(56-10)25-21-37)38-22-26-40(57-11)27-23-38/h14-16,18-28,30,33-34,41,43-45H,17,31-32H2,1-13H3/t41-,43-,44-,45-,63?/m1/s1. The van der Waals surface area contributed by atoms with Crippen molar-refractivity contribution >= 4 is 28.6 Å². The zero-order chi connectivity index (χ0) is 47.0. The smallest absolute Gasteiger partial charge is 0.351 e. The van der Waals surface area contributed by atoms with Crippen LogP contribution in [0.3, 0.4) is 0 Å². The molecule has 64 heavy (non-hydrogen) atoms. The van der Waals surface area contributed by atoms with Gasteiger partial charge in [0, 0.05) is 32.3 Å². The van der Waals surface area contributed by atoms with Gasteiger partial charge in [0.1, 0.15) is 41.2 Å². The van der Waals surface area contributed by atoms with Crippen molar-refractivity contribution < 1.29 is 37.2 Å². The lowest BCUT2D eigenvalue weighted by Gasteiger charge is -2.42. The fraction of sp³-hybridized carbons (Fsp3) is 0.500. The molecule has 1 aromatic heterocycles. The summed E-state index contributed by atoms with van der Waals surface area (Å²) < 4.78 is 50.4. The third-order valence-electron chi connectivity index (χ3n) is 11.9. The molecule has 1 amide bonds. The van der Waals surface area contributed by atoms with Gasteiger partial charge in [-0.25, -0.2) is 9.46 Å². The number of rotatable bonds is 20. The van der Waals surface area contributed by atoms with E-state index in [9.17, 15) is 14.9 Å². The summed E-state index contributed by atoms with van der Waals surface area (Å²) in [4.78, 5) is 32.1. The summed E-state index contributed by atoms with van der Waals surface area (Å²) >= 11 is 0. The van der Waals surface area contributed by atoms with Crippen LogP contribution in [-0.2, 0) is 33.3 Å². The Balaban J connectivity index is 1.75. The van der Waals surface area contributed by atoms with E-state index in [1.54, 1.807) is 33.5 Å². The van der Waals surface area contributed by atoms with Gasteiger partial charge in [0.25, 0.3) is 8.53 Å². The van der Waals surface area contributed by atoms with Gasteiger partial charge in [0.15, 0.2) is 14.5 Å². The Hall–Kier alpha value is -4.49. The minimum Gasteiger partial charge on any atom is -0.497 e. The summed E-state index contributed by atoms with van der Waals surface area (Å²) in [6, 6.07) is 29.3. The van der Waals surface area contributed by atoms with Crippen molar-refractivity contribution in [1.29, 1.82) is 5.26 Å². The molecule has 0 aliphatic carbocycles. The minimum absolute atomic E-state index is 0.00530. The molecule has 0 radical (unpaired) electrons. The normalized spacial score (nSPS) is 18.6. The number of nitrogens with zero attached hydrogens (tertiary/aromatic N) is 5. The van der Waals surface area contributed by atoms with Gasteiger partial charge < -0.3 is 32.4 Å². The molecule has 16 heteroatoms. The first kappa shape index (κ1) is 50.5. The number of ether oxygens (including phenoxy) is 4. The highest BCUT2D eigenvalue weighted by atomic mass is 31.2. The maximum absolute atomic E-state index is 14.2. The van der Waals surface area contributed by atoms with Gasteiger partial charge in [-0.15, -0.1) is 0 Å². The van der Waals surface area contributed by atoms with Crippen LogP contribution in [0.2, 0.25) is 18.1 Å². The molecule has 2 heterocycles. The van der Waals surface area contributed by atoms with Crippen LogP contribution in [0.25, 0.3) is 0 Å². The van der Waals surface area contributed by atoms with Crippen molar-refractivity contribution in [3.05, 3.63) is 118 Å². The molecule has 0 saturated carbocycles. The van der Waals surface area contributed by atoms with Gasteiger partial charge in [-0.05, 0) is 92.8 Å². The predicted molar refractivity (Wildman–Crippen MR) is 252 cm³/mol. The Morgan fingerprint density at radius 1 is 0.891 bits per heavy atom. The molecule has 3 aromatic carbocycles. The Kier molecular flexibility index (Phi) is 17.1. The second kappa shape index (κ2) is 21.7. The molecular weight excluding hydrogens is 850 g/mol. The maximum atomic E-state index is 14.2. The van der Waals surface area contributed by atoms with Crippen molar-refractivity contribution in [1.82, 2.24) is 14.2 Å². The van der Waals surface area contributed by atoms with Crippen molar-refractivity contribution in [2.24, 2.45) is 0 Å². The van der Waals surface area contributed by atoms with E-state index in [0.717, 1.165) is 16.7 Å². The molecule has 14 nitrogen and oxygen atoms in total. The van der Waals surface area contributed by atoms with E-state index in [1.807, 2.05) is 78.9 Å². The molecule has 346 valence electrons. The van der Waals surface area contributed by atoms with Crippen LogP contribution in [0.1, 0.15) is 84.7 Å². The van der Waals surface area contributed by atoms with Gasteiger partial charge in [0.05, 0.1) is 39.9 Å². The Morgan fingerprint density at radius 2 is 1.44 bits per heavy atom. The molecular formula is C48H66N5O9PSi. The lowest BCUT2D eigenvalue weighted by atomic mass is 9.80. The van der Waals surface area contributed by atoms with Crippen LogP contribution >= 0.6 is 8.53 Å². The zero-order valence-electron chi connectivity index (χ0n) is 39.6. The van der Waals surface area contributed by atoms with E-state index in [0.29, 0.717) is 11.5 Å². The summed E-state index contributed by atoms with van der Waals surface area (Å²) in [6.45, 7) is 20.5. The largest absolute Gasteiger partial charge is 0.497 e. The molecule has 1 unspecified atom stereocenters. The average Bonchev–Trinajstić information content (AvgIpc) is 3.58. The molecule has 1 fully saturated rings. The van der Waals surface area contributed by atoms with Crippen LogP contribution in [0.4, 0.5) is 5.82 Å². The first-order chi connectivity index (χ1) is 30.3. The summed E-state index contributed by atoms with van der Waals surface area (Å²) in [6.07, 6.45) is -1.90. The Labute approximate surface area is 381 Å². The van der Waals surface area contributed by atoms with E-state index in [-0.39, 0.29) is 48.5 Å². The highest BCUT2D eigenvalue weighted by Crippen LogP contribution is 2.52. The number of hydrogen-bond acceptors (Lipinski definition) is 12. The first-order valence-electron chi connectivity index (χ1n) is 21.7. The van der Waals surface area contributed by atoms with Crippen LogP contribution in [0, 0.1) is 11.3 Å². The predicted octanol–water partition coefficient (Wildman–Crippen LogP) is 9.20. The highest BCUT2D eigenvalue weighted by molar-refractivity contribution is 7.44. The lowest BCUT2D eigenvalue weighted by molar-refractivity contribution is -0.116. The molecule has 4 aromatic rings. The average molecular weight is 916 g/mol. The van der Waals surface area contributed by atoms with Gasteiger partial charge >= 0.3 is 5.69 Å². The number of anilines is 1. The van der Waals surface area contributed by atoms with E-state index in [4.69, 9.17) is 32.4 Å². The number of carbonyl (C=O) groups is 1. The Bertz CT molecular complexity index is 2170. The quantitative estimate of drug-likeness (QED) is 0.0361. The topological polar surface area (TPSA) is 147 Å². The van der Waals surface area contributed by atoms with Crippen molar-refractivity contribution in [3.63, 3.8) is 0 Å². The van der Waals surface area contributed by atoms with Crippen molar-refractivity contribution in [2.45, 2.75) is 122 Å². The van der Waals surface area contributed by atoms with E-state index in [1.165, 1.54) is 16.4 Å². The van der Waals surface area contributed by atoms with Crippen LogP contribution in [-0.4, -0.2) is 93.3 Å².